The molecular formula is C7H10O4S. The Balaban J connectivity index is 3.29. The van der Waals surface area contributed by atoms with E-state index in [1.807, 2.05) is 0 Å². The summed E-state index contributed by atoms with van der Waals surface area (Å²) in [5.74, 6) is -0.0339. The largest absolute Gasteiger partial charge is 0.465 e. The number of aliphatic hydroxyl groups is 1. The average Bonchev–Trinajstić information content (AvgIpc) is 2.31. The Hall–Kier alpha value is -0.810. The smallest absolute Gasteiger partial charge is 0.205 e. The predicted octanol–water partition coefficient (Wildman–Crippen LogP) is 0.620. The molecule has 0 aromatic carbocycles. The molecule has 1 rings (SSSR count). The van der Waals surface area contributed by atoms with Gasteiger partial charge in [-0.25, -0.2) is 8.42 Å². The van der Waals surface area contributed by atoms with Crippen molar-refractivity contribution in [2.24, 2.45) is 0 Å². The van der Waals surface area contributed by atoms with Crippen molar-refractivity contribution in [3.63, 3.8) is 0 Å². The Bertz CT molecular complexity index is 374. The summed E-state index contributed by atoms with van der Waals surface area (Å²) in [4.78, 5) is 0.0718. The molecule has 0 aliphatic rings. The molecule has 0 spiro atoms. The number of sulfone groups is 1. The van der Waals surface area contributed by atoms with E-state index >= 15 is 0 Å². The van der Waals surface area contributed by atoms with Gasteiger partial charge in [0.1, 0.15) is 22.4 Å². The summed E-state index contributed by atoms with van der Waals surface area (Å²) >= 11 is 0. The van der Waals surface area contributed by atoms with Crippen LogP contribution in [-0.4, -0.2) is 19.5 Å². The number of rotatable bonds is 2. The highest BCUT2D eigenvalue weighted by Crippen LogP contribution is 2.19. The average molecular weight is 190 g/mol. The summed E-state index contributed by atoms with van der Waals surface area (Å²) in [6.45, 7) is 3.21. The third-order valence-corrected chi connectivity index (χ3v) is 2.92. The molecule has 0 bridgehead atoms. The summed E-state index contributed by atoms with van der Waals surface area (Å²) in [5.41, 5.74) is 0. The molecule has 4 nitrogen and oxygen atoms in total. The molecule has 0 unspecified atom stereocenters. The lowest BCUT2D eigenvalue weighted by Crippen LogP contribution is -2.05. The molecule has 1 heterocycles. The van der Waals surface area contributed by atoms with Crippen LogP contribution in [0.2, 0.25) is 0 Å². The van der Waals surface area contributed by atoms with Gasteiger partial charge in [-0.05, 0) is 19.9 Å². The summed E-state index contributed by atoms with van der Waals surface area (Å²) in [7, 11) is -3.55. The van der Waals surface area contributed by atoms with E-state index in [1.165, 1.54) is 6.07 Å². The zero-order valence-corrected chi connectivity index (χ0v) is 7.68. The molecule has 0 amide bonds. The van der Waals surface area contributed by atoms with E-state index in [1.54, 1.807) is 13.8 Å². The van der Waals surface area contributed by atoms with Crippen molar-refractivity contribution in [1.29, 1.82) is 0 Å². The first-order valence-electron chi connectivity index (χ1n) is 3.38. The SMILES string of the molecule is Cc1cc(S(=O)(=O)CO)c(C)o1. The van der Waals surface area contributed by atoms with Gasteiger partial charge in [-0.2, -0.15) is 0 Å². The van der Waals surface area contributed by atoms with Crippen LogP contribution >= 0.6 is 0 Å². The molecule has 0 saturated carbocycles. The number of aryl methyl sites for hydroxylation is 2. The van der Waals surface area contributed by atoms with E-state index in [0.717, 1.165) is 0 Å². The number of aliphatic hydroxyl groups excluding tert-OH is 1. The van der Waals surface area contributed by atoms with E-state index in [4.69, 9.17) is 9.52 Å². The minimum atomic E-state index is -3.55. The van der Waals surface area contributed by atoms with E-state index in [2.05, 4.69) is 0 Å². The van der Waals surface area contributed by atoms with Gasteiger partial charge in [-0.15, -0.1) is 0 Å². The first-order valence-corrected chi connectivity index (χ1v) is 5.03. The zero-order chi connectivity index (χ0) is 9.35. The quantitative estimate of drug-likeness (QED) is 0.742. The molecule has 5 heteroatoms. The Kier molecular flexibility index (Phi) is 2.25. The second-order valence-electron chi connectivity index (χ2n) is 2.52. The third kappa shape index (κ3) is 1.51. The molecule has 0 fully saturated rings. The molecule has 1 N–H and O–H groups in total. The van der Waals surface area contributed by atoms with Crippen molar-refractivity contribution in [3.8, 4) is 0 Å². The van der Waals surface area contributed by atoms with Crippen LogP contribution in [0.3, 0.4) is 0 Å². The maximum Gasteiger partial charge on any atom is 0.205 e. The summed E-state index contributed by atoms with van der Waals surface area (Å²) < 4.78 is 27.3. The van der Waals surface area contributed by atoms with E-state index in [-0.39, 0.29) is 4.90 Å². The lowest BCUT2D eigenvalue weighted by Gasteiger charge is -1.95. The van der Waals surface area contributed by atoms with Crippen LogP contribution in [0.15, 0.2) is 15.4 Å². The highest BCUT2D eigenvalue weighted by Gasteiger charge is 2.18. The zero-order valence-electron chi connectivity index (χ0n) is 6.86. The van der Waals surface area contributed by atoms with E-state index in [9.17, 15) is 8.42 Å². The van der Waals surface area contributed by atoms with Crippen LogP contribution in [0.4, 0.5) is 0 Å². The normalized spacial score (nSPS) is 11.9. The van der Waals surface area contributed by atoms with Gasteiger partial charge in [0.15, 0.2) is 0 Å². The van der Waals surface area contributed by atoms with Crippen molar-refractivity contribution in [2.45, 2.75) is 18.7 Å². The van der Waals surface area contributed by atoms with Crippen LogP contribution in [-0.2, 0) is 9.84 Å². The maximum absolute atomic E-state index is 11.1. The molecule has 12 heavy (non-hydrogen) atoms. The first kappa shape index (κ1) is 9.28. The molecule has 1 aromatic heterocycles. The van der Waals surface area contributed by atoms with Crippen molar-refractivity contribution < 1.29 is 17.9 Å². The molecule has 1 aromatic rings. The van der Waals surface area contributed by atoms with Gasteiger partial charge in [0.2, 0.25) is 9.84 Å². The minimum absolute atomic E-state index is 0.0718. The van der Waals surface area contributed by atoms with Gasteiger partial charge >= 0.3 is 0 Å². The standard InChI is InChI=1S/C7H10O4S/c1-5-3-7(6(2)11-5)12(9,10)4-8/h3,8H,4H2,1-2H3. The molecule has 0 saturated heterocycles. The van der Waals surface area contributed by atoms with Gasteiger partial charge in [-0.1, -0.05) is 0 Å². The second-order valence-corrected chi connectivity index (χ2v) is 4.45. The van der Waals surface area contributed by atoms with Crippen molar-refractivity contribution in [1.82, 2.24) is 0 Å². The highest BCUT2D eigenvalue weighted by molar-refractivity contribution is 7.91. The number of hydrogen-bond acceptors (Lipinski definition) is 4. The lowest BCUT2D eigenvalue weighted by atomic mass is 10.4. The van der Waals surface area contributed by atoms with Crippen molar-refractivity contribution >= 4 is 9.84 Å². The van der Waals surface area contributed by atoms with Crippen LogP contribution in [0.25, 0.3) is 0 Å². The van der Waals surface area contributed by atoms with Crippen LogP contribution < -0.4 is 0 Å². The Labute approximate surface area is 70.7 Å². The molecule has 0 atom stereocenters. The molecular weight excluding hydrogens is 180 g/mol. The summed E-state index contributed by atoms with van der Waals surface area (Å²) in [6.07, 6.45) is 0. The predicted molar refractivity (Wildman–Crippen MR) is 42.5 cm³/mol. The van der Waals surface area contributed by atoms with Crippen LogP contribution in [0.5, 0.6) is 0 Å². The second kappa shape index (κ2) is 2.91. The van der Waals surface area contributed by atoms with Gasteiger partial charge in [-0.3, -0.25) is 0 Å². The first-order chi connectivity index (χ1) is 5.47. The van der Waals surface area contributed by atoms with E-state index in [0.29, 0.717) is 11.5 Å². The topological polar surface area (TPSA) is 67.5 Å². The van der Waals surface area contributed by atoms with Gasteiger partial charge in [0, 0.05) is 0 Å². The summed E-state index contributed by atoms with van der Waals surface area (Å²) in [5, 5.41) is 8.55. The fourth-order valence-corrected chi connectivity index (χ4v) is 1.95. The van der Waals surface area contributed by atoms with Crippen molar-refractivity contribution in [2.75, 3.05) is 5.94 Å². The fraction of sp³-hybridized carbons (Fsp3) is 0.429. The van der Waals surface area contributed by atoms with E-state index < -0.39 is 15.8 Å². The number of hydrogen-bond donors (Lipinski definition) is 1. The van der Waals surface area contributed by atoms with Crippen LogP contribution in [0.1, 0.15) is 11.5 Å². The Morgan fingerprint density at radius 3 is 2.42 bits per heavy atom. The van der Waals surface area contributed by atoms with Gasteiger partial charge in [0.05, 0.1) is 0 Å². The fourth-order valence-electron chi connectivity index (χ4n) is 0.986. The van der Waals surface area contributed by atoms with Crippen molar-refractivity contribution in [3.05, 3.63) is 17.6 Å². The maximum atomic E-state index is 11.1. The number of furan rings is 1. The van der Waals surface area contributed by atoms with Crippen LogP contribution in [0, 0.1) is 13.8 Å². The van der Waals surface area contributed by atoms with Gasteiger partial charge < -0.3 is 9.52 Å². The molecule has 68 valence electrons. The molecule has 0 aliphatic carbocycles. The Morgan fingerprint density at radius 1 is 1.50 bits per heavy atom. The highest BCUT2D eigenvalue weighted by atomic mass is 32.2. The molecule has 0 radical (unpaired) electrons. The minimum Gasteiger partial charge on any atom is -0.465 e. The van der Waals surface area contributed by atoms with Gasteiger partial charge in [0.25, 0.3) is 0 Å². The summed E-state index contributed by atoms with van der Waals surface area (Å²) in [6, 6.07) is 1.40. The third-order valence-electron chi connectivity index (χ3n) is 1.50. The Morgan fingerprint density at radius 2 is 2.08 bits per heavy atom. The monoisotopic (exact) mass is 190 g/mol. The molecule has 0 aliphatic heterocycles. The lowest BCUT2D eigenvalue weighted by molar-refractivity contribution is 0.358.